The van der Waals surface area contributed by atoms with Crippen molar-refractivity contribution in [3.63, 3.8) is 0 Å². The summed E-state index contributed by atoms with van der Waals surface area (Å²) in [5.74, 6) is 0. The average Bonchev–Trinajstić information content (AvgIpc) is 2.47. The third-order valence-electron chi connectivity index (χ3n) is 5.18. The first-order valence-electron chi connectivity index (χ1n) is 7.84. The molecule has 0 N–H and O–H groups in total. The third-order valence-corrected chi connectivity index (χ3v) is 112. The molecule has 1 unspecified atom stereocenters. The zero-order valence-electron chi connectivity index (χ0n) is 12.0. The van der Waals surface area contributed by atoms with Crippen molar-refractivity contribution in [3.05, 3.63) is 0 Å². The maximum absolute atomic E-state index is 4.45. The second kappa shape index (κ2) is 8.48. The lowest BCUT2D eigenvalue weighted by Gasteiger charge is -2.50. The largest absolute Gasteiger partial charge is 0.266 e. The molecule has 0 spiro atoms. The van der Waals surface area contributed by atoms with Crippen molar-refractivity contribution in [1.82, 2.24) is 0 Å². The Morgan fingerprint density at radius 3 is 1.29 bits per heavy atom. The van der Waals surface area contributed by atoms with E-state index >= 15 is 0 Å². The Labute approximate surface area is 178 Å². The highest BCUT2D eigenvalue weighted by molar-refractivity contribution is 9.78. The Hall–Kier alpha value is 3.53. The van der Waals surface area contributed by atoms with Gasteiger partial charge in [0, 0.05) is 0 Å². The van der Waals surface area contributed by atoms with E-state index in [0.29, 0.717) is 0 Å². The standard InChI is InChI=1S/C12H22Br6Si3/c13-19(14,11-7-3-1-4-8-11)20(15,21(16,17)18)12-9-5-2-6-10-12/h11-12H,1-10H2. The molecule has 124 valence electrons. The Kier molecular flexibility index (Phi) is 8.41. The molecule has 0 aromatic carbocycles. The fraction of sp³-hybridized carbons (Fsp3) is 1.00. The maximum Gasteiger partial charge on any atom is 0.266 e. The van der Waals surface area contributed by atoms with Gasteiger partial charge in [-0.2, -0.15) is 0 Å². The highest BCUT2D eigenvalue weighted by Gasteiger charge is 2.69. The zero-order chi connectivity index (χ0) is 15.7. The second-order valence-corrected chi connectivity index (χ2v) is 72.8. The lowest BCUT2D eigenvalue weighted by atomic mass is 10.0. The summed E-state index contributed by atoms with van der Waals surface area (Å²) in [4.78, 5) is -1.68. The van der Waals surface area contributed by atoms with Gasteiger partial charge in [0.05, 0.1) is 0 Å². The molecule has 0 saturated heterocycles. The van der Waals surface area contributed by atoms with E-state index in [1.165, 1.54) is 64.2 Å². The molecule has 2 aliphatic rings. The maximum atomic E-state index is 4.45. The van der Waals surface area contributed by atoms with E-state index < -0.39 is 14.0 Å². The van der Waals surface area contributed by atoms with Crippen LogP contribution in [0.1, 0.15) is 64.2 Å². The van der Waals surface area contributed by atoms with Crippen LogP contribution in [0, 0.1) is 0 Å². The van der Waals surface area contributed by atoms with Crippen LogP contribution in [0.5, 0.6) is 0 Å². The fourth-order valence-electron chi connectivity index (χ4n) is 3.96. The Balaban J connectivity index is 2.33. The van der Waals surface area contributed by atoms with Gasteiger partial charge in [0.1, 0.15) is 0 Å². The third kappa shape index (κ3) is 4.45. The molecule has 0 aliphatic heterocycles. The molecule has 21 heavy (non-hydrogen) atoms. The normalized spacial score (nSPS) is 26.6. The fourth-order valence-corrected chi connectivity index (χ4v) is 128. The lowest BCUT2D eigenvalue weighted by Crippen LogP contribution is -2.67. The van der Waals surface area contributed by atoms with Gasteiger partial charge in [-0.15, -0.1) is 45.9 Å². The van der Waals surface area contributed by atoms with Crippen LogP contribution in [0.3, 0.4) is 0 Å². The van der Waals surface area contributed by atoms with Crippen molar-refractivity contribution >= 4 is 106 Å². The van der Waals surface area contributed by atoms with E-state index in [1.807, 2.05) is 0 Å². The lowest BCUT2D eigenvalue weighted by molar-refractivity contribution is 0.494. The summed E-state index contributed by atoms with van der Waals surface area (Å²) in [6.45, 7) is 0. The van der Waals surface area contributed by atoms with Crippen molar-refractivity contribution in [2.75, 3.05) is 0 Å². The van der Waals surface area contributed by atoms with Crippen LogP contribution in [0.25, 0.3) is 0 Å². The zero-order valence-corrected chi connectivity index (χ0v) is 24.5. The highest BCUT2D eigenvalue weighted by atomic mass is 80.0. The van der Waals surface area contributed by atoms with E-state index in [1.54, 1.807) is 0 Å². The molecule has 0 heterocycles. The van der Waals surface area contributed by atoms with E-state index in [2.05, 4.69) is 91.8 Å². The molecule has 0 bridgehead atoms. The first kappa shape index (κ1) is 20.8. The van der Waals surface area contributed by atoms with Gasteiger partial charge in [-0.1, -0.05) is 110 Å². The van der Waals surface area contributed by atoms with Gasteiger partial charge in [-0.3, -0.25) is 0 Å². The second-order valence-electron chi connectivity index (χ2n) is 6.50. The van der Waals surface area contributed by atoms with Crippen molar-refractivity contribution in [1.29, 1.82) is 0 Å². The molecule has 0 radical (unpaired) electrons. The number of hydrogen-bond acceptors (Lipinski definition) is 0. The van der Waals surface area contributed by atoms with Crippen molar-refractivity contribution < 1.29 is 0 Å². The number of rotatable bonds is 4. The van der Waals surface area contributed by atoms with Gasteiger partial charge in [-0.05, 0) is 11.1 Å². The van der Waals surface area contributed by atoms with E-state index in [4.69, 9.17) is 0 Å². The Bertz CT molecular complexity index is 349. The minimum Gasteiger partial charge on any atom is -0.127 e. The summed E-state index contributed by atoms with van der Waals surface area (Å²) in [6.07, 6.45) is 14.2. The van der Waals surface area contributed by atoms with Gasteiger partial charge in [0.25, 0.3) is 3.45 Å². The molecule has 2 rings (SSSR count). The van der Waals surface area contributed by atoms with E-state index in [9.17, 15) is 0 Å². The minimum absolute atomic E-state index is 0.874. The molecule has 0 nitrogen and oxygen atoms in total. The molecule has 2 aliphatic carbocycles. The molecule has 2 fully saturated rings. The predicted octanol–water partition coefficient (Wildman–Crippen LogP) is 8.51. The molecular formula is C12H22Br6Si3. The SMILES string of the molecule is Br[Si](Br)(Br)[Si](Br)(C1CCCCC1)[Si](Br)(Br)C1CCCCC1. The van der Waals surface area contributed by atoms with E-state index in [0.717, 1.165) is 11.1 Å². The van der Waals surface area contributed by atoms with Crippen LogP contribution < -0.4 is 0 Å². The Morgan fingerprint density at radius 2 is 0.905 bits per heavy atom. The minimum atomic E-state index is -1.76. The number of hydrogen-bond donors (Lipinski definition) is 0. The monoisotopic (exact) mass is 724 g/mol. The van der Waals surface area contributed by atoms with Gasteiger partial charge in [0.15, 0.2) is 5.73 Å². The summed E-state index contributed by atoms with van der Waals surface area (Å²) in [5.41, 5.74) is 0.0604. The quantitative estimate of drug-likeness (QED) is 0.201. The van der Waals surface area contributed by atoms with Crippen LogP contribution >= 0.6 is 91.8 Å². The molecule has 1 atom stereocenters. The van der Waals surface area contributed by atoms with Crippen LogP contribution in [0.2, 0.25) is 11.1 Å². The summed E-state index contributed by atoms with van der Waals surface area (Å²) >= 11 is 25.5. The smallest absolute Gasteiger partial charge is 0.127 e. The van der Waals surface area contributed by atoms with Gasteiger partial charge in [-0.25, -0.2) is 0 Å². The molecule has 0 aromatic heterocycles. The van der Waals surface area contributed by atoms with Gasteiger partial charge < -0.3 is 0 Å². The summed E-state index contributed by atoms with van der Waals surface area (Å²) in [6, 6.07) is 0. The summed E-state index contributed by atoms with van der Waals surface area (Å²) in [7, 11) is 0. The van der Waals surface area contributed by atoms with E-state index in [-0.39, 0.29) is 0 Å². The summed E-state index contributed by atoms with van der Waals surface area (Å²) in [5, 5.41) is 0. The van der Waals surface area contributed by atoms with Crippen molar-refractivity contribution in [2.45, 2.75) is 75.3 Å². The topological polar surface area (TPSA) is 0 Å². The molecule has 0 aromatic rings. The number of halogens is 6. The first-order valence-corrected chi connectivity index (χ1v) is 29.5. The summed E-state index contributed by atoms with van der Waals surface area (Å²) < 4.78 is -1.76. The van der Waals surface area contributed by atoms with Crippen LogP contribution in [0.4, 0.5) is 0 Å². The molecule has 2 saturated carbocycles. The molecular weight excluding hydrogens is 708 g/mol. The Morgan fingerprint density at radius 1 is 0.524 bits per heavy atom. The van der Waals surface area contributed by atoms with Crippen LogP contribution in [-0.4, -0.2) is 14.0 Å². The van der Waals surface area contributed by atoms with Crippen molar-refractivity contribution in [3.8, 4) is 0 Å². The van der Waals surface area contributed by atoms with Gasteiger partial charge >= 0.3 is 0 Å². The first-order chi connectivity index (χ1) is 9.71. The van der Waals surface area contributed by atoms with Gasteiger partial charge in [0.2, 0.25) is 4.83 Å². The van der Waals surface area contributed by atoms with Crippen LogP contribution in [0.15, 0.2) is 0 Å². The molecule has 0 amide bonds. The highest BCUT2D eigenvalue weighted by Crippen LogP contribution is 2.63. The molecule has 9 heteroatoms. The van der Waals surface area contributed by atoms with Crippen LogP contribution in [-0.2, 0) is 0 Å². The van der Waals surface area contributed by atoms with Crippen molar-refractivity contribution in [2.24, 2.45) is 0 Å². The average molecular weight is 730 g/mol. The predicted molar refractivity (Wildman–Crippen MR) is 124 cm³/mol.